The largest absolute Gasteiger partial charge is 0.354 e. The fourth-order valence-electron chi connectivity index (χ4n) is 1.90. The highest BCUT2D eigenvalue weighted by molar-refractivity contribution is 7.89. The Kier molecular flexibility index (Phi) is 4.14. The van der Waals surface area contributed by atoms with Crippen molar-refractivity contribution in [1.82, 2.24) is 24.8 Å². The average Bonchev–Trinajstić information content (AvgIpc) is 3.06. The zero-order valence-electron chi connectivity index (χ0n) is 11.9. The minimum atomic E-state index is -3.72. The molecule has 0 fully saturated rings. The second-order valence-corrected chi connectivity index (χ2v) is 6.34. The summed E-state index contributed by atoms with van der Waals surface area (Å²) in [7, 11) is -0.618. The molecule has 1 unspecified atom stereocenters. The number of sulfonamides is 1. The summed E-state index contributed by atoms with van der Waals surface area (Å²) in [6.45, 7) is 1.71. The van der Waals surface area contributed by atoms with Crippen molar-refractivity contribution in [3.8, 4) is 0 Å². The van der Waals surface area contributed by atoms with Gasteiger partial charge in [0.1, 0.15) is 10.6 Å². The zero-order chi connectivity index (χ0) is 15.6. The smallest absolute Gasteiger partial charge is 0.267 e. The molecule has 2 heterocycles. The van der Waals surface area contributed by atoms with Gasteiger partial charge in [0, 0.05) is 38.1 Å². The SMILES string of the molecule is CNC(=O)c1cc(S(=O)(=O)NC(C)c2cn[nH]c2)cn1C. The molecule has 2 rings (SSSR count). The molecule has 0 spiro atoms. The van der Waals surface area contributed by atoms with Crippen LogP contribution in [0.25, 0.3) is 0 Å². The van der Waals surface area contributed by atoms with Gasteiger partial charge in [0.15, 0.2) is 0 Å². The molecule has 114 valence electrons. The highest BCUT2D eigenvalue weighted by Crippen LogP contribution is 2.17. The van der Waals surface area contributed by atoms with Gasteiger partial charge in [0.2, 0.25) is 10.0 Å². The minimum absolute atomic E-state index is 0.0407. The number of nitrogens with zero attached hydrogens (tertiary/aromatic N) is 2. The van der Waals surface area contributed by atoms with Gasteiger partial charge in [0.05, 0.1) is 6.20 Å². The number of hydrogen-bond acceptors (Lipinski definition) is 4. The van der Waals surface area contributed by atoms with E-state index in [1.165, 1.54) is 23.9 Å². The maximum Gasteiger partial charge on any atom is 0.267 e. The van der Waals surface area contributed by atoms with Crippen LogP contribution in [0.4, 0.5) is 0 Å². The molecule has 0 bridgehead atoms. The lowest BCUT2D eigenvalue weighted by Gasteiger charge is -2.11. The predicted molar refractivity (Wildman–Crippen MR) is 76.1 cm³/mol. The molecule has 0 aliphatic carbocycles. The first-order chi connectivity index (χ1) is 9.85. The number of carbonyl (C=O) groups excluding carboxylic acids is 1. The van der Waals surface area contributed by atoms with E-state index in [1.807, 2.05) is 0 Å². The van der Waals surface area contributed by atoms with Crippen LogP contribution in [0.5, 0.6) is 0 Å². The Morgan fingerprint density at radius 3 is 2.76 bits per heavy atom. The van der Waals surface area contributed by atoms with Gasteiger partial charge in [-0.2, -0.15) is 5.10 Å². The maximum atomic E-state index is 12.3. The molecule has 8 nitrogen and oxygen atoms in total. The Hall–Kier alpha value is -2.13. The number of nitrogens with one attached hydrogen (secondary N) is 3. The Labute approximate surface area is 122 Å². The first-order valence-electron chi connectivity index (χ1n) is 6.24. The predicted octanol–water partition coefficient (Wildman–Crippen LogP) is 0.147. The third-order valence-electron chi connectivity index (χ3n) is 3.10. The van der Waals surface area contributed by atoms with Gasteiger partial charge in [-0.1, -0.05) is 0 Å². The van der Waals surface area contributed by atoms with Crippen LogP contribution in [0, 0.1) is 0 Å². The van der Waals surface area contributed by atoms with E-state index in [1.54, 1.807) is 26.4 Å². The van der Waals surface area contributed by atoms with Gasteiger partial charge >= 0.3 is 0 Å². The van der Waals surface area contributed by atoms with Gasteiger partial charge in [-0.05, 0) is 13.0 Å². The molecular weight excluding hydrogens is 294 g/mol. The summed E-state index contributed by atoms with van der Waals surface area (Å²) in [5.41, 5.74) is 0.995. The summed E-state index contributed by atoms with van der Waals surface area (Å²) in [6.07, 6.45) is 4.57. The van der Waals surface area contributed by atoms with E-state index >= 15 is 0 Å². The standard InChI is InChI=1S/C12H17N5O3S/c1-8(9-5-14-15-6-9)16-21(19,20)10-4-11(12(18)13-2)17(3)7-10/h4-8,16H,1-3H3,(H,13,18)(H,14,15). The van der Waals surface area contributed by atoms with Crippen molar-refractivity contribution in [2.24, 2.45) is 7.05 Å². The van der Waals surface area contributed by atoms with Crippen LogP contribution < -0.4 is 10.0 Å². The van der Waals surface area contributed by atoms with Crippen LogP contribution in [-0.4, -0.2) is 36.1 Å². The lowest BCUT2D eigenvalue weighted by atomic mass is 10.2. The van der Waals surface area contributed by atoms with Crippen molar-refractivity contribution in [3.63, 3.8) is 0 Å². The van der Waals surface area contributed by atoms with Crippen LogP contribution in [-0.2, 0) is 17.1 Å². The number of aromatic amines is 1. The molecule has 1 amide bonds. The molecule has 3 N–H and O–H groups in total. The molecule has 0 saturated carbocycles. The molecule has 1 atom stereocenters. The maximum absolute atomic E-state index is 12.3. The van der Waals surface area contributed by atoms with Gasteiger partial charge in [-0.3, -0.25) is 9.89 Å². The summed E-state index contributed by atoms with van der Waals surface area (Å²) in [5, 5.41) is 8.87. The molecule has 0 aliphatic rings. The van der Waals surface area contributed by atoms with Gasteiger partial charge < -0.3 is 9.88 Å². The number of rotatable bonds is 5. The van der Waals surface area contributed by atoms with Crippen molar-refractivity contribution in [2.45, 2.75) is 17.9 Å². The molecule has 0 aromatic carbocycles. The number of hydrogen-bond donors (Lipinski definition) is 3. The van der Waals surface area contributed by atoms with Gasteiger partial charge in [-0.15, -0.1) is 0 Å². The Balaban J connectivity index is 2.26. The normalized spacial score (nSPS) is 13.1. The Morgan fingerprint density at radius 1 is 1.48 bits per heavy atom. The number of carbonyl (C=O) groups is 1. The summed E-state index contributed by atoms with van der Waals surface area (Å²) in [6, 6.07) is 0.904. The molecule has 2 aromatic heterocycles. The van der Waals surface area contributed by atoms with E-state index in [4.69, 9.17) is 0 Å². The lowest BCUT2D eigenvalue weighted by molar-refractivity contribution is 0.0955. The highest BCUT2D eigenvalue weighted by atomic mass is 32.2. The fourth-order valence-corrected chi connectivity index (χ4v) is 3.20. The molecule has 0 aliphatic heterocycles. The average molecular weight is 311 g/mol. The van der Waals surface area contributed by atoms with Crippen LogP contribution >= 0.6 is 0 Å². The van der Waals surface area contributed by atoms with E-state index in [0.717, 1.165) is 5.56 Å². The van der Waals surface area contributed by atoms with Crippen LogP contribution in [0.15, 0.2) is 29.6 Å². The van der Waals surface area contributed by atoms with Crippen molar-refractivity contribution >= 4 is 15.9 Å². The number of aromatic nitrogens is 3. The summed E-state index contributed by atoms with van der Waals surface area (Å²) in [4.78, 5) is 11.7. The van der Waals surface area contributed by atoms with Crippen LogP contribution in [0.2, 0.25) is 0 Å². The highest BCUT2D eigenvalue weighted by Gasteiger charge is 2.22. The third-order valence-corrected chi connectivity index (χ3v) is 4.61. The summed E-state index contributed by atoms with van der Waals surface area (Å²) < 4.78 is 28.7. The summed E-state index contributed by atoms with van der Waals surface area (Å²) >= 11 is 0. The fraction of sp³-hybridized carbons (Fsp3) is 0.333. The third kappa shape index (κ3) is 3.14. The Bertz CT molecular complexity index is 733. The van der Waals surface area contributed by atoms with Gasteiger partial charge in [0.25, 0.3) is 5.91 Å². The first kappa shape index (κ1) is 15.3. The topological polar surface area (TPSA) is 109 Å². The molecule has 2 aromatic rings. The minimum Gasteiger partial charge on any atom is -0.354 e. The number of aryl methyl sites for hydroxylation is 1. The van der Waals surface area contributed by atoms with E-state index < -0.39 is 16.1 Å². The zero-order valence-corrected chi connectivity index (χ0v) is 12.7. The lowest BCUT2D eigenvalue weighted by Crippen LogP contribution is -2.26. The van der Waals surface area contributed by atoms with Gasteiger partial charge in [-0.25, -0.2) is 13.1 Å². The first-order valence-corrected chi connectivity index (χ1v) is 7.73. The number of H-pyrrole nitrogens is 1. The molecule has 21 heavy (non-hydrogen) atoms. The molecule has 9 heteroatoms. The Morgan fingerprint density at radius 2 is 2.19 bits per heavy atom. The molecule has 0 saturated heterocycles. The van der Waals surface area contributed by atoms with E-state index in [0.29, 0.717) is 0 Å². The van der Waals surface area contributed by atoms with Crippen molar-refractivity contribution in [1.29, 1.82) is 0 Å². The molecular formula is C12H17N5O3S. The van der Waals surface area contributed by atoms with Crippen LogP contribution in [0.1, 0.15) is 29.0 Å². The molecule has 0 radical (unpaired) electrons. The number of amides is 1. The second-order valence-electron chi connectivity index (χ2n) is 4.63. The summed E-state index contributed by atoms with van der Waals surface area (Å²) in [5.74, 6) is -0.346. The van der Waals surface area contributed by atoms with Crippen molar-refractivity contribution in [2.75, 3.05) is 7.05 Å². The van der Waals surface area contributed by atoms with E-state index in [9.17, 15) is 13.2 Å². The van der Waals surface area contributed by atoms with Crippen LogP contribution in [0.3, 0.4) is 0 Å². The quantitative estimate of drug-likeness (QED) is 0.730. The second kappa shape index (κ2) is 5.70. The monoisotopic (exact) mass is 311 g/mol. The van der Waals surface area contributed by atoms with Crippen molar-refractivity contribution < 1.29 is 13.2 Å². The van der Waals surface area contributed by atoms with Crippen molar-refractivity contribution in [3.05, 3.63) is 35.9 Å². The van der Waals surface area contributed by atoms with E-state index in [2.05, 4.69) is 20.2 Å². The van der Waals surface area contributed by atoms with E-state index in [-0.39, 0.29) is 16.5 Å².